The number of para-hydroxylation sites is 1. The number of nitrogens with zero attached hydrogens (tertiary/aromatic N) is 2. The molecule has 1 aliphatic heterocycles. The molecule has 1 aliphatic rings. The highest BCUT2D eigenvalue weighted by Gasteiger charge is 2.35. The van der Waals surface area contributed by atoms with Gasteiger partial charge in [0.1, 0.15) is 5.75 Å². The smallest absolute Gasteiger partial charge is 0.266 e. The summed E-state index contributed by atoms with van der Waals surface area (Å²) in [5.74, 6) is 0.785. The maximum Gasteiger partial charge on any atom is 0.266 e. The van der Waals surface area contributed by atoms with Crippen molar-refractivity contribution in [2.75, 3.05) is 7.11 Å². The van der Waals surface area contributed by atoms with Crippen molar-refractivity contribution in [3.63, 3.8) is 0 Å². The van der Waals surface area contributed by atoms with Crippen LogP contribution in [-0.4, -0.2) is 29.1 Å². The number of ether oxygens (including phenoxy) is 1. The highest BCUT2D eigenvalue weighted by atomic mass is 32.2. The predicted octanol–water partition coefficient (Wildman–Crippen LogP) is 4.71. The summed E-state index contributed by atoms with van der Waals surface area (Å²) in [5, 5.41) is 0.714. The minimum Gasteiger partial charge on any atom is -0.497 e. The van der Waals surface area contributed by atoms with Crippen molar-refractivity contribution in [2.24, 2.45) is 4.99 Å². The Hall–Kier alpha value is -2.53. The van der Waals surface area contributed by atoms with Crippen LogP contribution in [0.25, 0.3) is 6.08 Å². The van der Waals surface area contributed by atoms with Crippen molar-refractivity contribution in [1.29, 1.82) is 0 Å². The van der Waals surface area contributed by atoms with Crippen LogP contribution in [-0.2, 0) is 4.79 Å². The number of hydrogen-bond donors (Lipinski definition) is 0. The van der Waals surface area contributed by atoms with E-state index in [0.717, 1.165) is 17.0 Å². The monoisotopic (exact) mass is 352 g/mol. The van der Waals surface area contributed by atoms with E-state index in [9.17, 15) is 4.79 Å². The molecule has 0 atom stereocenters. The first-order valence-electron chi connectivity index (χ1n) is 8.09. The lowest BCUT2D eigenvalue weighted by atomic mass is 10.2. The Morgan fingerprint density at radius 1 is 1.08 bits per heavy atom. The number of hydrogen-bond acceptors (Lipinski definition) is 4. The van der Waals surface area contributed by atoms with Crippen LogP contribution in [0.15, 0.2) is 64.5 Å². The predicted molar refractivity (Wildman–Crippen MR) is 104 cm³/mol. The number of amidine groups is 1. The van der Waals surface area contributed by atoms with Gasteiger partial charge in [-0.25, -0.2) is 4.99 Å². The summed E-state index contributed by atoms with van der Waals surface area (Å²) in [5.41, 5.74) is 1.80. The Morgan fingerprint density at radius 2 is 1.76 bits per heavy atom. The van der Waals surface area contributed by atoms with Crippen molar-refractivity contribution in [3.8, 4) is 5.75 Å². The van der Waals surface area contributed by atoms with Gasteiger partial charge in [-0.05, 0) is 61.5 Å². The lowest BCUT2D eigenvalue weighted by Gasteiger charge is -2.19. The van der Waals surface area contributed by atoms with Gasteiger partial charge in [0.05, 0.1) is 17.7 Å². The number of aliphatic imine (C=N–C) groups is 1. The number of thioether (sulfide) groups is 1. The average molecular weight is 352 g/mol. The minimum atomic E-state index is -0.00880. The van der Waals surface area contributed by atoms with Crippen LogP contribution >= 0.6 is 11.8 Å². The number of benzene rings is 2. The zero-order valence-corrected chi connectivity index (χ0v) is 15.3. The molecule has 1 saturated heterocycles. The summed E-state index contributed by atoms with van der Waals surface area (Å²) < 4.78 is 5.17. The van der Waals surface area contributed by atoms with Gasteiger partial charge >= 0.3 is 0 Å². The van der Waals surface area contributed by atoms with E-state index in [1.165, 1.54) is 11.8 Å². The van der Waals surface area contributed by atoms with Gasteiger partial charge in [-0.1, -0.05) is 30.3 Å². The summed E-state index contributed by atoms with van der Waals surface area (Å²) in [4.78, 5) is 19.9. The first-order valence-corrected chi connectivity index (χ1v) is 8.91. The molecule has 0 radical (unpaired) electrons. The van der Waals surface area contributed by atoms with E-state index in [4.69, 9.17) is 4.74 Å². The Labute approximate surface area is 152 Å². The molecule has 0 unspecified atom stereocenters. The largest absolute Gasteiger partial charge is 0.497 e. The van der Waals surface area contributed by atoms with Gasteiger partial charge in [-0.15, -0.1) is 0 Å². The fourth-order valence-corrected chi connectivity index (χ4v) is 3.61. The topological polar surface area (TPSA) is 41.9 Å². The Kier molecular flexibility index (Phi) is 5.24. The zero-order chi connectivity index (χ0) is 17.8. The maximum absolute atomic E-state index is 12.8. The van der Waals surface area contributed by atoms with Crippen LogP contribution in [0.1, 0.15) is 19.4 Å². The van der Waals surface area contributed by atoms with Gasteiger partial charge in [0.25, 0.3) is 5.91 Å². The molecular formula is C20H20N2O2S. The van der Waals surface area contributed by atoms with Gasteiger partial charge in [0.2, 0.25) is 0 Å². The van der Waals surface area contributed by atoms with Crippen LogP contribution in [0.3, 0.4) is 0 Å². The van der Waals surface area contributed by atoms with Gasteiger partial charge in [0.15, 0.2) is 5.17 Å². The molecule has 0 aliphatic carbocycles. The molecule has 1 amide bonds. The van der Waals surface area contributed by atoms with Gasteiger partial charge in [-0.3, -0.25) is 9.69 Å². The van der Waals surface area contributed by atoms with Crippen molar-refractivity contribution >= 4 is 34.6 Å². The lowest BCUT2D eigenvalue weighted by molar-refractivity contribution is -0.123. The third-order valence-corrected chi connectivity index (χ3v) is 4.73. The normalized spacial score (nSPS) is 17.8. The SMILES string of the molecule is COc1ccc(/C=C2/SC(=Nc3ccccc3)N(C(C)C)C2=O)cc1. The van der Waals surface area contributed by atoms with E-state index in [1.54, 1.807) is 12.0 Å². The molecule has 0 spiro atoms. The molecule has 1 heterocycles. The number of rotatable bonds is 4. The third kappa shape index (κ3) is 3.94. The molecule has 25 heavy (non-hydrogen) atoms. The highest BCUT2D eigenvalue weighted by Crippen LogP contribution is 2.35. The second-order valence-corrected chi connectivity index (χ2v) is 6.89. The summed E-state index contributed by atoms with van der Waals surface area (Å²) in [6, 6.07) is 17.4. The Bertz CT molecular complexity index is 811. The van der Waals surface area contributed by atoms with Gasteiger partial charge < -0.3 is 4.74 Å². The standard InChI is InChI=1S/C20H20N2O2S/c1-14(2)22-19(23)18(13-15-9-11-17(24-3)12-10-15)25-20(22)21-16-7-5-4-6-8-16/h4-14H,1-3H3/b18-13+,21-20?. The van der Waals surface area contributed by atoms with Crippen LogP contribution < -0.4 is 4.74 Å². The van der Waals surface area contributed by atoms with E-state index < -0.39 is 0 Å². The summed E-state index contributed by atoms with van der Waals surface area (Å²) in [6.45, 7) is 3.99. The molecule has 4 nitrogen and oxygen atoms in total. The number of amides is 1. The second-order valence-electron chi connectivity index (χ2n) is 5.88. The third-order valence-electron chi connectivity index (χ3n) is 3.75. The summed E-state index contributed by atoms with van der Waals surface area (Å²) in [6.07, 6.45) is 1.90. The molecule has 0 bridgehead atoms. The molecule has 5 heteroatoms. The van der Waals surface area contributed by atoms with E-state index in [0.29, 0.717) is 10.1 Å². The quantitative estimate of drug-likeness (QED) is 0.749. The highest BCUT2D eigenvalue weighted by molar-refractivity contribution is 8.18. The lowest BCUT2D eigenvalue weighted by Crippen LogP contribution is -2.35. The molecule has 0 saturated carbocycles. The molecule has 0 N–H and O–H groups in total. The maximum atomic E-state index is 12.8. The van der Waals surface area contributed by atoms with E-state index in [2.05, 4.69) is 4.99 Å². The fourth-order valence-electron chi connectivity index (χ4n) is 2.48. The molecule has 2 aromatic carbocycles. The van der Waals surface area contributed by atoms with Crippen LogP contribution in [0.2, 0.25) is 0 Å². The molecule has 3 rings (SSSR count). The first kappa shape index (κ1) is 17.3. The zero-order valence-electron chi connectivity index (χ0n) is 14.5. The van der Waals surface area contributed by atoms with Crippen molar-refractivity contribution in [3.05, 3.63) is 65.1 Å². The Balaban J connectivity index is 1.93. The molecule has 0 aromatic heterocycles. The van der Waals surface area contributed by atoms with E-state index in [-0.39, 0.29) is 11.9 Å². The fraction of sp³-hybridized carbons (Fsp3) is 0.200. The Morgan fingerprint density at radius 3 is 2.36 bits per heavy atom. The number of methoxy groups -OCH3 is 1. The van der Waals surface area contributed by atoms with Crippen molar-refractivity contribution in [1.82, 2.24) is 4.90 Å². The van der Waals surface area contributed by atoms with Gasteiger partial charge in [0, 0.05) is 6.04 Å². The molecular weight excluding hydrogens is 332 g/mol. The van der Waals surface area contributed by atoms with Crippen LogP contribution in [0, 0.1) is 0 Å². The first-order chi connectivity index (χ1) is 12.1. The van der Waals surface area contributed by atoms with E-state index in [1.807, 2.05) is 74.5 Å². The summed E-state index contributed by atoms with van der Waals surface area (Å²) in [7, 11) is 1.64. The summed E-state index contributed by atoms with van der Waals surface area (Å²) >= 11 is 1.41. The molecule has 2 aromatic rings. The van der Waals surface area contributed by atoms with E-state index >= 15 is 0 Å². The van der Waals surface area contributed by atoms with Crippen molar-refractivity contribution < 1.29 is 9.53 Å². The molecule has 1 fully saturated rings. The number of carbonyl (C=O) groups excluding carboxylic acids is 1. The van der Waals surface area contributed by atoms with Gasteiger partial charge in [-0.2, -0.15) is 0 Å². The number of carbonyl (C=O) groups is 1. The average Bonchev–Trinajstić information content (AvgIpc) is 2.92. The molecule has 128 valence electrons. The second kappa shape index (κ2) is 7.57. The van der Waals surface area contributed by atoms with Crippen LogP contribution in [0.4, 0.5) is 5.69 Å². The minimum absolute atomic E-state index is 0.00880. The van der Waals surface area contributed by atoms with Crippen molar-refractivity contribution in [2.45, 2.75) is 19.9 Å². The van der Waals surface area contributed by atoms with Crippen LogP contribution in [0.5, 0.6) is 5.75 Å².